The molecule has 0 atom stereocenters. The first kappa shape index (κ1) is 17.2. The van der Waals surface area contributed by atoms with E-state index >= 15 is 0 Å². The Morgan fingerprint density at radius 1 is 1.15 bits per heavy atom. The highest BCUT2D eigenvalue weighted by atomic mass is 32.1. The van der Waals surface area contributed by atoms with Crippen LogP contribution in [0.3, 0.4) is 0 Å². The van der Waals surface area contributed by atoms with E-state index in [1.54, 1.807) is 13.2 Å². The molecule has 4 aromatic rings. The number of hydrogen-bond donors (Lipinski definition) is 0. The lowest BCUT2D eigenvalue weighted by Gasteiger charge is -2.02. The normalized spacial score (nSPS) is 12.3. The van der Waals surface area contributed by atoms with Gasteiger partial charge in [-0.15, -0.1) is 5.10 Å². The maximum atomic E-state index is 12.6. The summed E-state index contributed by atoms with van der Waals surface area (Å²) in [6, 6.07) is 15.6. The third kappa shape index (κ3) is 3.39. The number of thiazole rings is 1. The van der Waals surface area contributed by atoms with Gasteiger partial charge in [0.05, 0.1) is 11.6 Å². The van der Waals surface area contributed by atoms with Crippen LogP contribution in [0.2, 0.25) is 0 Å². The van der Waals surface area contributed by atoms with E-state index < -0.39 is 0 Å². The van der Waals surface area contributed by atoms with Crippen molar-refractivity contribution in [2.45, 2.75) is 6.92 Å². The van der Waals surface area contributed by atoms with E-state index in [4.69, 9.17) is 4.74 Å². The highest BCUT2D eigenvalue weighted by molar-refractivity contribution is 7.15. The summed E-state index contributed by atoms with van der Waals surface area (Å²) in [5.41, 5.74) is 2.83. The number of fused-ring (bicyclic) bond motifs is 1. The summed E-state index contributed by atoms with van der Waals surface area (Å²) in [4.78, 5) is 17.7. The molecule has 0 bridgehead atoms. The summed E-state index contributed by atoms with van der Waals surface area (Å²) in [6.45, 7) is 2.02. The molecule has 0 amide bonds. The fourth-order valence-electron chi connectivity index (χ4n) is 2.80. The molecule has 0 aliphatic carbocycles. The third-order valence-corrected chi connectivity index (χ3v) is 5.10. The van der Waals surface area contributed by atoms with Crippen LogP contribution >= 0.6 is 11.3 Å². The van der Waals surface area contributed by atoms with Crippen LogP contribution in [-0.4, -0.2) is 21.7 Å². The molecule has 5 nitrogen and oxygen atoms in total. The molecular weight excluding hydrogens is 358 g/mol. The van der Waals surface area contributed by atoms with Crippen LogP contribution in [0.15, 0.2) is 59.4 Å². The number of rotatable bonds is 4. The topological polar surface area (TPSA) is 56.5 Å². The number of aryl methyl sites for hydroxylation is 1. The van der Waals surface area contributed by atoms with Crippen LogP contribution in [0.4, 0.5) is 0 Å². The van der Waals surface area contributed by atoms with Gasteiger partial charge in [-0.25, -0.2) is 0 Å². The second-order valence-electron chi connectivity index (χ2n) is 6.04. The van der Waals surface area contributed by atoms with Crippen LogP contribution < -0.4 is 14.8 Å². The summed E-state index contributed by atoms with van der Waals surface area (Å²) >= 11 is 1.33. The van der Waals surface area contributed by atoms with Gasteiger partial charge in [0.15, 0.2) is 5.82 Å². The number of aromatic nitrogens is 3. The van der Waals surface area contributed by atoms with Gasteiger partial charge in [0.25, 0.3) is 5.56 Å². The average molecular weight is 375 g/mol. The minimum Gasteiger partial charge on any atom is -0.496 e. The number of hydrogen-bond acceptors (Lipinski definition) is 5. The summed E-state index contributed by atoms with van der Waals surface area (Å²) in [5, 5.41) is 4.38. The average Bonchev–Trinajstić information content (AvgIpc) is 3.22. The van der Waals surface area contributed by atoms with E-state index in [9.17, 15) is 4.79 Å². The zero-order chi connectivity index (χ0) is 18.8. The van der Waals surface area contributed by atoms with Gasteiger partial charge in [-0.1, -0.05) is 65.5 Å². The van der Waals surface area contributed by atoms with E-state index in [0.29, 0.717) is 15.3 Å². The summed E-state index contributed by atoms with van der Waals surface area (Å²) in [6.07, 6.45) is 5.53. The number of methoxy groups -OCH3 is 1. The number of benzene rings is 2. The molecule has 2 aromatic carbocycles. The zero-order valence-corrected chi connectivity index (χ0v) is 15.7. The molecule has 2 aromatic heterocycles. The fourth-order valence-corrected chi connectivity index (χ4v) is 3.66. The SMILES string of the molecule is COc1ccccc1/C=C/C=c1/sc2nc(-c3cccc(C)c3)nn2c1=O. The lowest BCUT2D eigenvalue weighted by molar-refractivity contribution is 0.414. The Morgan fingerprint density at radius 2 is 2.00 bits per heavy atom. The van der Waals surface area contributed by atoms with Crippen molar-refractivity contribution in [3.63, 3.8) is 0 Å². The second-order valence-corrected chi connectivity index (χ2v) is 7.05. The number of ether oxygens (including phenoxy) is 1. The molecule has 0 aliphatic heterocycles. The lowest BCUT2D eigenvalue weighted by Crippen LogP contribution is -2.23. The lowest BCUT2D eigenvalue weighted by atomic mass is 10.1. The van der Waals surface area contributed by atoms with Crippen molar-refractivity contribution in [1.82, 2.24) is 14.6 Å². The number of allylic oxidation sites excluding steroid dienone is 1. The van der Waals surface area contributed by atoms with Crippen LogP contribution in [0.1, 0.15) is 11.1 Å². The molecule has 0 aliphatic rings. The Balaban J connectivity index is 1.68. The van der Waals surface area contributed by atoms with Gasteiger partial charge < -0.3 is 4.74 Å². The first-order valence-electron chi connectivity index (χ1n) is 8.44. The Bertz CT molecular complexity index is 1250. The molecule has 0 spiro atoms. The molecule has 0 fully saturated rings. The number of para-hydroxylation sites is 1. The van der Waals surface area contributed by atoms with Crippen LogP contribution in [0.5, 0.6) is 5.75 Å². The molecule has 4 rings (SSSR count). The molecule has 27 heavy (non-hydrogen) atoms. The van der Waals surface area contributed by atoms with Crippen molar-refractivity contribution in [3.05, 3.63) is 80.6 Å². The molecule has 0 unspecified atom stereocenters. The smallest absolute Gasteiger partial charge is 0.291 e. The van der Waals surface area contributed by atoms with Gasteiger partial charge in [0.1, 0.15) is 5.75 Å². The third-order valence-electron chi connectivity index (χ3n) is 4.12. The maximum absolute atomic E-state index is 12.6. The van der Waals surface area contributed by atoms with Crippen molar-refractivity contribution >= 4 is 28.4 Å². The van der Waals surface area contributed by atoms with Gasteiger partial charge in [-0.2, -0.15) is 9.50 Å². The van der Waals surface area contributed by atoms with Crippen molar-refractivity contribution in [3.8, 4) is 17.1 Å². The molecule has 2 heterocycles. The maximum Gasteiger partial charge on any atom is 0.291 e. The predicted molar refractivity (Wildman–Crippen MR) is 109 cm³/mol. The highest BCUT2D eigenvalue weighted by Crippen LogP contribution is 2.19. The molecule has 0 radical (unpaired) electrons. The monoisotopic (exact) mass is 375 g/mol. The van der Waals surface area contributed by atoms with Crippen molar-refractivity contribution in [2.75, 3.05) is 7.11 Å². The molecule has 0 saturated heterocycles. The van der Waals surface area contributed by atoms with Gasteiger partial charge >= 0.3 is 0 Å². The standard InChI is InChI=1S/C21H17N3O2S/c1-14-7-5-10-16(13-14)19-22-21-24(23-19)20(25)18(27-21)12-6-9-15-8-3-4-11-17(15)26-2/h3-13H,1-2H3/b9-6+,18-12+. The molecule has 0 saturated carbocycles. The van der Waals surface area contributed by atoms with Crippen LogP contribution in [0.25, 0.3) is 28.5 Å². The molecule has 0 N–H and O–H groups in total. The Hall–Kier alpha value is -3.25. The van der Waals surface area contributed by atoms with E-state index in [1.165, 1.54) is 15.9 Å². The van der Waals surface area contributed by atoms with Gasteiger partial charge in [-0.05, 0) is 25.1 Å². The quantitative estimate of drug-likeness (QED) is 0.549. The van der Waals surface area contributed by atoms with Gasteiger partial charge in [0, 0.05) is 11.1 Å². The minimum atomic E-state index is -0.161. The molecular formula is C21H17N3O2S. The van der Waals surface area contributed by atoms with Gasteiger partial charge in [0.2, 0.25) is 4.96 Å². The fraction of sp³-hybridized carbons (Fsp3) is 0.0952. The number of nitrogens with zero attached hydrogens (tertiary/aromatic N) is 3. The Labute approximate surface area is 159 Å². The van der Waals surface area contributed by atoms with E-state index in [0.717, 1.165) is 22.4 Å². The minimum absolute atomic E-state index is 0.161. The Kier molecular flexibility index (Phi) is 4.56. The van der Waals surface area contributed by atoms with Gasteiger partial charge in [-0.3, -0.25) is 4.79 Å². The highest BCUT2D eigenvalue weighted by Gasteiger charge is 2.11. The van der Waals surface area contributed by atoms with Crippen LogP contribution in [0, 0.1) is 6.92 Å². The summed E-state index contributed by atoms with van der Waals surface area (Å²) < 4.78 is 7.28. The summed E-state index contributed by atoms with van der Waals surface area (Å²) in [5.74, 6) is 1.35. The molecule has 134 valence electrons. The first-order valence-corrected chi connectivity index (χ1v) is 9.25. The predicted octanol–water partition coefficient (Wildman–Crippen LogP) is 3.35. The largest absolute Gasteiger partial charge is 0.496 e. The van der Waals surface area contributed by atoms with Crippen LogP contribution in [-0.2, 0) is 0 Å². The first-order chi connectivity index (χ1) is 13.2. The van der Waals surface area contributed by atoms with Crippen molar-refractivity contribution in [1.29, 1.82) is 0 Å². The van der Waals surface area contributed by atoms with E-state index in [1.807, 2.05) is 67.6 Å². The van der Waals surface area contributed by atoms with Crippen molar-refractivity contribution < 1.29 is 4.74 Å². The van der Waals surface area contributed by atoms with E-state index in [-0.39, 0.29) is 5.56 Å². The Morgan fingerprint density at radius 3 is 2.78 bits per heavy atom. The summed E-state index contributed by atoms with van der Waals surface area (Å²) in [7, 11) is 1.64. The van der Waals surface area contributed by atoms with Crippen molar-refractivity contribution in [2.24, 2.45) is 0 Å². The van der Waals surface area contributed by atoms with E-state index in [2.05, 4.69) is 10.1 Å². The molecule has 6 heteroatoms. The second kappa shape index (κ2) is 7.17. The zero-order valence-electron chi connectivity index (χ0n) is 14.9.